The molecule has 0 aliphatic heterocycles. The molecule has 2 heteroatoms. The van der Waals surface area contributed by atoms with Crippen molar-refractivity contribution in [3.63, 3.8) is 0 Å². The van der Waals surface area contributed by atoms with Gasteiger partial charge in [0.2, 0.25) is 0 Å². The summed E-state index contributed by atoms with van der Waals surface area (Å²) in [5.74, 6) is 0. The molecular formula is C11H15BrO. The van der Waals surface area contributed by atoms with Crippen LogP contribution in [0.5, 0.6) is 0 Å². The quantitative estimate of drug-likeness (QED) is 0.846. The highest BCUT2D eigenvalue weighted by Gasteiger charge is 2.06. The average Bonchev–Trinajstić information content (AvgIpc) is 2.06. The van der Waals surface area contributed by atoms with Crippen molar-refractivity contribution in [2.45, 2.75) is 33.3 Å². The van der Waals surface area contributed by atoms with Crippen molar-refractivity contribution in [3.05, 3.63) is 33.3 Å². The Bertz CT molecular complexity index is 305. The lowest BCUT2D eigenvalue weighted by molar-refractivity contribution is 0.195. The topological polar surface area (TPSA) is 20.2 Å². The summed E-state index contributed by atoms with van der Waals surface area (Å²) >= 11 is 3.54. The van der Waals surface area contributed by atoms with E-state index in [0.29, 0.717) is 0 Å². The van der Waals surface area contributed by atoms with E-state index in [4.69, 9.17) is 0 Å². The Kier molecular flexibility index (Phi) is 3.51. The van der Waals surface area contributed by atoms with Gasteiger partial charge in [0.15, 0.2) is 0 Å². The fourth-order valence-electron chi connectivity index (χ4n) is 1.40. The van der Waals surface area contributed by atoms with Crippen LogP contribution in [-0.2, 0) is 6.42 Å². The third-order valence-corrected chi connectivity index (χ3v) is 3.43. The standard InChI is InChI=1S/C11H15BrO/c1-7-4-5-10(6-8(2)13)9(3)11(7)12/h4-5,8,13H,6H2,1-3H3/t8-/m0/s1. The highest BCUT2D eigenvalue weighted by Crippen LogP contribution is 2.24. The summed E-state index contributed by atoms with van der Waals surface area (Å²) in [5, 5.41) is 9.28. The first-order chi connectivity index (χ1) is 6.02. The van der Waals surface area contributed by atoms with E-state index in [-0.39, 0.29) is 6.10 Å². The predicted octanol–water partition coefficient (Wildman–Crippen LogP) is 2.99. The third kappa shape index (κ3) is 2.55. The molecule has 0 saturated carbocycles. The summed E-state index contributed by atoms with van der Waals surface area (Å²) in [7, 11) is 0. The molecule has 1 rings (SSSR count). The van der Waals surface area contributed by atoms with Crippen LogP contribution in [0.15, 0.2) is 16.6 Å². The minimum Gasteiger partial charge on any atom is -0.393 e. The van der Waals surface area contributed by atoms with Crippen molar-refractivity contribution in [2.75, 3.05) is 0 Å². The van der Waals surface area contributed by atoms with Crippen LogP contribution in [-0.4, -0.2) is 11.2 Å². The van der Waals surface area contributed by atoms with E-state index in [1.807, 2.05) is 6.92 Å². The number of rotatable bonds is 2. The zero-order chi connectivity index (χ0) is 10.0. The molecule has 1 aromatic carbocycles. The lowest BCUT2D eigenvalue weighted by Gasteiger charge is -2.11. The van der Waals surface area contributed by atoms with Gasteiger partial charge in [-0.3, -0.25) is 0 Å². The van der Waals surface area contributed by atoms with E-state index in [2.05, 4.69) is 41.9 Å². The van der Waals surface area contributed by atoms with Crippen molar-refractivity contribution in [2.24, 2.45) is 0 Å². The zero-order valence-electron chi connectivity index (χ0n) is 8.26. The Hall–Kier alpha value is -0.340. The molecular weight excluding hydrogens is 228 g/mol. The van der Waals surface area contributed by atoms with Crippen LogP contribution >= 0.6 is 15.9 Å². The maximum atomic E-state index is 9.28. The molecule has 1 nitrogen and oxygen atoms in total. The van der Waals surface area contributed by atoms with Gasteiger partial charge < -0.3 is 5.11 Å². The van der Waals surface area contributed by atoms with Crippen LogP contribution in [0.4, 0.5) is 0 Å². The largest absolute Gasteiger partial charge is 0.393 e. The molecule has 0 heterocycles. The monoisotopic (exact) mass is 242 g/mol. The first kappa shape index (κ1) is 10.7. The summed E-state index contributed by atoms with van der Waals surface area (Å²) in [4.78, 5) is 0. The lowest BCUT2D eigenvalue weighted by atomic mass is 10.0. The Morgan fingerprint density at radius 3 is 2.54 bits per heavy atom. The molecule has 72 valence electrons. The molecule has 13 heavy (non-hydrogen) atoms. The highest BCUT2D eigenvalue weighted by molar-refractivity contribution is 9.10. The second kappa shape index (κ2) is 4.25. The molecule has 0 saturated heterocycles. The Balaban J connectivity index is 3.04. The van der Waals surface area contributed by atoms with Gasteiger partial charge in [0.25, 0.3) is 0 Å². The highest BCUT2D eigenvalue weighted by atomic mass is 79.9. The fourth-order valence-corrected chi connectivity index (χ4v) is 1.79. The fraction of sp³-hybridized carbons (Fsp3) is 0.455. The van der Waals surface area contributed by atoms with Gasteiger partial charge in [-0.15, -0.1) is 0 Å². The maximum Gasteiger partial charge on any atom is 0.0552 e. The minimum atomic E-state index is -0.270. The van der Waals surface area contributed by atoms with E-state index in [0.717, 1.165) is 10.9 Å². The Morgan fingerprint density at radius 2 is 2.00 bits per heavy atom. The van der Waals surface area contributed by atoms with Gasteiger partial charge in [-0.25, -0.2) is 0 Å². The summed E-state index contributed by atoms with van der Waals surface area (Å²) in [5.41, 5.74) is 3.69. The Morgan fingerprint density at radius 1 is 1.38 bits per heavy atom. The van der Waals surface area contributed by atoms with Crippen molar-refractivity contribution in [1.82, 2.24) is 0 Å². The minimum absolute atomic E-state index is 0.270. The number of hydrogen-bond acceptors (Lipinski definition) is 1. The number of benzene rings is 1. The first-order valence-corrected chi connectivity index (χ1v) is 5.24. The predicted molar refractivity (Wildman–Crippen MR) is 59.0 cm³/mol. The van der Waals surface area contributed by atoms with E-state index in [9.17, 15) is 5.11 Å². The molecule has 0 amide bonds. The third-order valence-electron chi connectivity index (χ3n) is 2.21. The van der Waals surface area contributed by atoms with Crippen LogP contribution in [0.3, 0.4) is 0 Å². The van der Waals surface area contributed by atoms with Crippen LogP contribution in [0.25, 0.3) is 0 Å². The maximum absolute atomic E-state index is 9.28. The normalized spacial score (nSPS) is 13.0. The number of aryl methyl sites for hydroxylation is 1. The second-order valence-corrected chi connectivity index (χ2v) is 4.33. The van der Waals surface area contributed by atoms with Crippen molar-refractivity contribution < 1.29 is 5.11 Å². The number of halogens is 1. The van der Waals surface area contributed by atoms with Gasteiger partial charge in [0.1, 0.15) is 0 Å². The SMILES string of the molecule is Cc1ccc(C[C@H](C)O)c(C)c1Br. The van der Waals surface area contributed by atoms with Gasteiger partial charge in [0, 0.05) is 4.47 Å². The molecule has 0 aromatic heterocycles. The molecule has 1 atom stereocenters. The molecule has 0 spiro atoms. The molecule has 0 fully saturated rings. The van der Waals surface area contributed by atoms with Crippen molar-refractivity contribution in [3.8, 4) is 0 Å². The molecule has 1 aromatic rings. The summed E-state index contributed by atoms with van der Waals surface area (Å²) in [6.45, 7) is 5.96. The van der Waals surface area contributed by atoms with E-state index >= 15 is 0 Å². The molecule has 0 radical (unpaired) electrons. The van der Waals surface area contributed by atoms with E-state index < -0.39 is 0 Å². The zero-order valence-corrected chi connectivity index (χ0v) is 9.85. The van der Waals surface area contributed by atoms with Crippen LogP contribution in [0, 0.1) is 13.8 Å². The molecule has 0 aliphatic carbocycles. The van der Waals surface area contributed by atoms with Crippen molar-refractivity contribution >= 4 is 15.9 Å². The number of aliphatic hydroxyl groups is 1. The summed E-state index contributed by atoms with van der Waals surface area (Å²) in [6.07, 6.45) is 0.457. The molecule has 0 aliphatic rings. The van der Waals surface area contributed by atoms with Crippen LogP contribution in [0.1, 0.15) is 23.6 Å². The van der Waals surface area contributed by atoms with E-state index in [1.54, 1.807) is 0 Å². The van der Waals surface area contributed by atoms with Gasteiger partial charge in [-0.2, -0.15) is 0 Å². The smallest absolute Gasteiger partial charge is 0.0552 e. The second-order valence-electron chi connectivity index (χ2n) is 3.53. The average molecular weight is 243 g/mol. The summed E-state index contributed by atoms with van der Waals surface area (Å²) < 4.78 is 1.16. The van der Waals surface area contributed by atoms with Gasteiger partial charge in [-0.05, 0) is 43.9 Å². The van der Waals surface area contributed by atoms with E-state index in [1.165, 1.54) is 16.7 Å². The van der Waals surface area contributed by atoms with Crippen molar-refractivity contribution in [1.29, 1.82) is 0 Å². The lowest BCUT2D eigenvalue weighted by Crippen LogP contribution is -2.06. The first-order valence-electron chi connectivity index (χ1n) is 4.45. The summed E-state index contributed by atoms with van der Waals surface area (Å²) in [6, 6.07) is 4.16. The number of hydrogen-bond donors (Lipinski definition) is 1. The molecule has 0 unspecified atom stereocenters. The van der Waals surface area contributed by atoms with Crippen LogP contribution < -0.4 is 0 Å². The molecule has 1 N–H and O–H groups in total. The van der Waals surface area contributed by atoms with Gasteiger partial charge in [0.05, 0.1) is 6.10 Å². The van der Waals surface area contributed by atoms with Gasteiger partial charge >= 0.3 is 0 Å². The van der Waals surface area contributed by atoms with Gasteiger partial charge in [-0.1, -0.05) is 28.1 Å². The Labute approximate surface area is 87.9 Å². The molecule has 0 bridgehead atoms. The van der Waals surface area contributed by atoms with Crippen LogP contribution in [0.2, 0.25) is 0 Å². The number of aliphatic hydroxyl groups excluding tert-OH is 1.